The van der Waals surface area contributed by atoms with Crippen LogP contribution in [0.15, 0.2) is 0 Å². The summed E-state index contributed by atoms with van der Waals surface area (Å²) in [6.07, 6.45) is 4.02. The van der Waals surface area contributed by atoms with Gasteiger partial charge in [0, 0.05) is 19.5 Å². The van der Waals surface area contributed by atoms with Crippen LogP contribution in [0.4, 0.5) is 0 Å². The van der Waals surface area contributed by atoms with Crippen molar-refractivity contribution in [2.45, 2.75) is 38.2 Å². The van der Waals surface area contributed by atoms with Crippen LogP contribution in [0.5, 0.6) is 0 Å². The highest BCUT2D eigenvalue weighted by Crippen LogP contribution is 2.26. The molecule has 17 heavy (non-hydrogen) atoms. The first-order valence-corrected chi connectivity index (χ1v) is 6.30. The first-order chi connectivity index (χ1) is 8.17. The molecule has 0 spiro atoms. The number of nitriles is 2. The van der Waals surface area contributed by atoms with E-state index in [1.807, 2.05) is 7.05 Å². The summed E-state index contributed by atoms with van der Waals surface area (Å²) < 4.78 is 0. The van der Waals surface area contributed by atoms with Gasteiger partial charge in [-0.2, -0.15) is 10.5 Å². The van der Waals surface area contributed by atoms with Gasteiger partial charge < -0.3 is 10.0 Å². The van der Waals surface area contributed by atoms with Crippen LogP contribution in [0.3, 0.4) is 0 Å². The third-order valence-electron chi connectivity index (χ3n) is 3.48. The molecule has 0 bridgehead atoms. The fourth-order valence-electron chi connectivity index (χ4n) is 2.52. The minimum Gasteiger partial charge on any atom is -0.393 e. The Kier molecular flexibility index (Phi) is 5.97. The quantitative estimate of drug-likeness (QED) is 0.757. The molecule has 0 aromatic carbocycles. The Morgan fingerprint density at radius 2 is 2.18 bits per heavy atom. The lowest BCUT2D eigenvalue weighted by Gasteiger charge is -2.24. The summed E-state index contributed by atoms with van der Waals surface area (Å²) in [6, 6.07) is 4.32. The standard InChI is InChI=1S/C13H21N3O/c1-16(9-11(8-15)4-3-7-14)10-12-5-2-6-13(12)17/h11-13,17H,2-6,9-10H2,1H3. The van der Waals surface area contributed by atoms with E-state index in [2.05, 4.69) is 17.0 Å². The molecule has 0 aromatic heterocycles. The molecule has 1 aliphatic carbocycles. The summed E-state index contributed by atoms with van der Waals surface area (Å²) >= 11 is 0. The Morgan fingerprint density at radius 3 is 2.71 bits per heavy atom. The van der Waals surface area contributed by atoms with Gasteiger partial charge in [0.2, 0.25) is 0 Å². The van der Waals surface area contributed by atoms with E-state index in [1.165, 1.54) is 0 Å². The molecule has 0 heterocycles. The van der Waals surface area contributed by atoms with Crippen molar-refractivity contribution < 1.29 is 5.11 Å². The second-order valence-corrected chi connectivity index (χ2v) is 5.00. The zero-order valence-electron chi connectivity index (χ0n) is 10.5. The first kappa shape index (κ1) is 14.0. The maximum Gasteiger partial charge on any atom is 0.0669 e. The maximum absolute atomic E-state index is 9.74. The molecule has 0 radical (unpaired) electrons. The number of aliphatic hydroxyl groups is 1. The van der Waals surface area contributed by atoms with Crippen molar-refractivity contribution in [2.75, 3.05) is 20.1 Å². The monoisotopic (exact) mass is 235 g/mol. The van der Waals surface area contributed by atoms with Crippen molar-refractivity contribution in [2.24, 2.45) is 11.8 Å². The molecule has 4 heteroatoms. The smallest absolute Gasteiger partial charge is 0.0669 e. The Labute approximate surface area is 103 Å². The Bertz CT molecular complexity index is 305. The van der Waals surface area contributed by atoms with Gasteiger partial charge in [-0.1, -0.05) is 6.42 Å². The lowest BCUT2D eigenvalue weighted by Crippen LogP contribution is -2.33. The van der Waals surface area contributed by atoms with Crippen LogP contribution >= 0.6 is 0 Å². The topological polar surface area (TPSA) is 71.0 Å². The number of aliphatic hydroxyl groups excluding tert-OH is 1. The Balaban J connectivity index is 2.30. The molecule has 4 nitrogen and oxygen atoms in total. The van der Waals surface area contributed by atoms with E-state index < -0.39 is 0 Å². The van der Waals surface area contributed by atoms with Crippen LogP contribution in [0, 0.1) is 34.5 Å². The summed E-state index contributed by atoms with van der Waals surface area (Å²) in [7, 11) is 1.99. The Morgan fingerprint density at radius 1 is 1.41 bits per heavy atom. The third-order valence-corrected chi connectivity index (χ3v) is 3.48. The van der Waals surface area contributed by atoms with E-state index >= 15 is 0 Å². The molecule has 3 unspecified atom stereocenters. The molecule has 0 aromatic rings. The van der Waals surface area contributed by atoms with Crippen LogP contribution in [-0.4, -0.2) is 36.2 Å². The summed E-state index contributed by atoms with van der Waals surface area (Å²) in [5.74, 6) is 0.286. The van der Waals surface area contributed by atoms with Gasteiger partial charge >= 0.3 is 0 Å². The van der Waals surface area contributed by atoms with Crippen LogP contribution in [0.25, 0.3) is 0 Å². The van der Waals surface area contributed by atoms with E-state index in [0.717, 1.165) is 25.8 Å². The largest absolute Gasteiger partial charge is 0.393 e. The summed E-state index contributed by atoms with van der Waals surface area (Å²) in [5.41, 5.74) is 0. The molecular weight excluding hydrogens is 214 g/mol. The van der Waals surface area contributed by atoms with Crippen molar-refractivity contribution in [3.63, 3.8) is 0 Å². The lowest BCUT2D eigenvalue weighted by atomic mass is 10.0. The fraction of sp³-hybridized carbons (Fsp3) is 0.846. The summed E-state index contributed by atoms with van der Waals surface area (Å²) in [4.78, 5) is 2.12. The van der Waals surface area contributed by atoms with Crippen LogP contribution in [0.1, 0.15) is 32.1 Å². The summed E-state index contributed by atoms with van der Waals surface area (Å²) in [5, 5.41) is 27.2. The van der Waals surface area contributed by atoms with E-state index in [0.29, 0.717) is 25.3 Å². The van der Waals surface area contributed by atoms with Gasteiger partial charge in [0.1, 0.15) is 0 Å². The van der Waals surface area contributed by atoms with Crippen molar-refractivity contribution in [1.82, 2.24) is 4.90 Å². The highest BCUT2D eigenvalue weighted by Gasteiger charge is 2.26. The Hall–Kier alpha value is -1.10. The molecule has 1 N–H and O–H groups in total. The van der Waals surface area contributed by atoms with Crippen molar-refractivity contribution >= 4 is 0 Å². The molecule has 0 amide bonds. The minimum atomic E-state index is -0.169. The minimum absolute atomic E-state index is 0.0711. The molecule has 1 rings (SSSR count). The molecule has 3 atom stereocenters. The molecule has 0 saturated heterocycles. The van der Waals surface area contributed by atoms with Gasteiger partial charge in [-0.25, -0.2) is 0 Å². The van der Waals surface area contributed by atoms with Gasteiger partial charge in [-0.05, 0) is 32.2 Å². The third kappa shape index (κ3) is 4.73. The molecular formula is C13H21N3O. The average Bonchev–Trinajstić information content (AvgIpc) is 2.70. The highest BCUT2D eigenvalue weighted by molar-refractivity contribution is 4.88. The predicted molar refractivity (Wildman–Crippen MR) is 64.8 cm³/mol. The highest BCUT2D eigenvalue weighted by atomic mass is 16.3. The van der Waals surface area contributed by atoms with Gasteiger partial charge in [0.15, 0.2) is 0 Å². The summed E-state index contributed by atoms with van der Waals surface area (Å²) in [6.45, 7) is 1.55. The van der Waals surface area contributed by atoms with E-state index in [4.69, 9.17) is 10.5 Å². The normalized spacial score (nSPS) is 25.5. The van der Waals surface area contributed by atoms with Gasteiger partial charge in [-0.15, -0.1) is 0 Å². The lowest BCUT2D eigenvalue weighted by molar-refractivity contribution is 0.107. The van der Waals surface area contributed by atoms with Gasteiger partial charge in [0.05, 0.1) is 24.2 Å². The van der Waals surface area contributed by atoms with Crippen molar-refractivity contribution in [1.29, 1.82) is 10.5 Å². The zero-order valence-corrected chi connectivity index (χ0v) is 10.5. The van der Waals surface area contributed by atoms with Gasteiger partial charge in [0.25, 0.3) is 0 Å². The van der Waals surface area contributed by atoms with Crippen molar-refractivity contribution in [3.05, 3.63) is 0 Å². The SMILES string of the molecule is CN(CC(C#N)CCC#N)CC1CCCC1O. The van der Waals surface area contributed by atoms with Crippen molar-refractivity contribution in [3.8, 4) is 12.1 Å². The van der Waals surface area contributed by atoms with E-state index in [-0.39, 0.29) is 12.0 Å². The number of nitrogens with zero attached hydrogens (tertiary/aromatic N) is 3. The maximum atomic E-state index is 9.74. The second-order valence-electron chi connectivity index (χ2n) is 5.00. The zero-order chi connectivity index (χ0) is 12.7. The second kappa shape index (κ2) is 7.27. The number of hydrogen-bond acceptors (Lipinski definition) is 4. The molecule has 1 aliphatic rings. The number of hydrogen-bond donors (Lipinski definition) is 1. The molecule has 0 aliphatic heterocycles. The van der Waals surface area contributed by atoms with E-state index in [1.54, 1.807) is 0 Å². The fourth-order valence-corrected chi connectivity index (χ4v) is 2.52. The van der Waals surface area contributed by atoms with Crippen LogP contribution in [0.2, 0.25) is 0 Å². The van der Waals surface area contributed by atoms with Crippen LogP contribution in [-0.2, 0) is 0 Å². The average molecular weight is 235 g/mol. The first-order valence-electron chi connectivity index (χ1n) is 6.30. The number of rotatable bonds is 6. The molecule has 1 saturated carbocycles. The van der Waals surface area contributed by atoms with E-state index in [9.17, 15) is 5.11 Å². The van der Waals surface area contributed by atoms with Gasteiger partial charge in [-0.3, -0.25) is 0 Å². The molecule has 1 fully saturated rings. The predicted octanol–water partition coefficient (Wildman–Crippen LogP) is 1.52. The molecule has 94 valence electrons. The van der Waals surface area contributed by atoms with Crippen LogP contribution < -0.4 is 0 Å².